The number of ether oxygens (including phenoxy) is 1. The van der Waals surface area contributed by atoms with Crippen molar-refractivity contribution >= 4 is 0 Å². The number of aromatic hydroxyl groups is 1. The van der Waals surface area contributed by atoms with E-state index in [1.54, 1.807) is 0 Å². The smallest absolute Gasteiger partial charge is 0.209 e. The van der Waals surface area contributed by atoms with Crippen LogP contribution in [0.25, 0.3) is 0 Å². The van der Waals surface area contributed by atoms with E-state index in [9.17, 15) is 10.2 Å². The van der Waals surface area contributed by atoms with Crippen molar-refractivity contribution in [1.29, 1.82) is 0 Å². The normalized spacial score (nSPS) is 25.7. The zero-order valence-electron chi connectivity index (χ0n) is 14.5. The van der Waals surface area contributed by atoms with Crippen LogP contribution in [-0.2, 0) is 6.42 Å². The maximum Gasteiger partial charge on any atom is 0.209 e. The molecular formula is C20H28O3. The summed E-state index contributed by atoms with van der Waals surface area (Å²) in [7, 11) is 0. The van der Waals surface area contributed by atoms with Crippen LogP contribution in [0.4, 0.5) is 0 Å². The number of benzene rings is 1. The predicted molar refractivity (Wildman–Crippen MR) is 91.9 cm³/mol. The molecule has 3 rings (SSSR count). The van der Waals surface area contributed by atoms with E-state index in [2.05, 4.69) is 20.8 Å². The Morgan fingerprint density at radius 1 is 1.30 bits per heavy atom. The maximum absolute atomic E-state index is 10.7. The minimum absolute atomic E-state index is 0.0761. The van der Waals surface area contributed by atoms with Crippen molar-refractivity contribution in [3.8, 4) is 11.5 Å². The first-order valence-electron chi connectivity index (χ1n) is 8.87. The lowest BCUT2D eigenvalue weighted by atomic mass is 9.72. The lowest BCUT2D eigenvalue weighted by molar-refractivity contribution is -0.165. The second-order valence-corrected chi connectivity index (χ2v) is 7.31. The standard InChI is InChI=1S/C20H28O3/c1-4-5-6-7-14-10-17(21)19-16-12-20(22,23-18(19)11-14)9-8-15(16)13(2)3/h10-11,16,21-22H,4-9,12H2,1-3H3. The highest BCUT2D eigenvalue weighted by atomic mass is 16.6. The lowest BCUT2D eigenvalue weighted by Crippen LogP contribution is -2.44. The van der Waals surface area contributed by atoms with Crippen LogP contribution in [0.2, 0.25) is 0 Å². The maximum atomic E-state index is 10.7. The second-order valence-electron chi connectivity index (χ2n) is 7.31. The molecule has 3 nitrogen and oxygen atoms in total. The van der Waals surface area contributed by atoms with Crippen molar-refractivity contribution in [2.24, 2.45) is 0 Å². The summed E-state index contributed by atoms with van der Waals surface area (Å²) in [5.74, 6) is -0.00643. The third kappa shape index (κ3) is 3.12. The largest absolute Gasteiger partial charge is 0.507 e. The molecular weight excluding hydrogens is 288 g/mol. The van der Waals surface area contributed by atoms with Gasteiger partial charge in [0.15, 0.2) is 0 Å². The van der Waals surface area contributed by atoms with Crippen LogP contribution >= 0.6 is 0 Å². The Balaban J connectivity index is 1.99. The van der Waals surface area contributed by atoms with Gasteiger partial charge in [-0.15, -0.1) is 0 Å². The van der Waals surface area contributed by atoms with Crippen LogP contribution in [0.1, 0.15) is 76.3 Å². The molecule has 1 fully saturated rings. The molecule has 0 spiro atoms. The average Bonchev–Trinajstić information content (AvgIpc) is 2.46. The molecule has 1 heterocycles. The molecule has 0 amide bonds. The zero-order chi connectivity index (χ0) is 16.6. The van der Waals surface area contributed by atoms with Crippen molar-refractivity contribution in [2.45, 2.75) is 77.4 Å². The van der Waals surface area contributed by atoms with E-state index in [-0.39, 0.29) is 5.92 Å². The van der Waals surface area contributed by atoms with E-state index in [1.165, 1.54) is 24.0 Å². The average molecular weight is 316 g/mol. The third-order valence-electron chi connectivity index (χ3n) is 5.27. The first-order chi connectivity index (χ1) is 10.9. The van der Waals surface area contributed by atoms with E-state index >= 15 is 0 Å². The first kappa shape index (κ1) is 16.4. The van der Waals surface area contributed by atoms with Gasteiger partial charge in [-0.1, -0.05) is 30.9 Å². The van der Waals surface area contributed by atoms with Gasteiger partial charge in [-0.05, 0) is 50.8 Å². The van der Waals surface area contributed by atoms with E-state index in [0.29, 0.717) is 24.3 Å². The quantitative estimate of drug-likeness (QED) is 0.619. The molecule has 1 aromatic carbocycles. The molecule has 2 N–H and O–H groups in total. The molecule has 2 atom stereocenters. The van der Waals surface area contributed by atoms with Crippen LogP contribution in [0, 0.1) is 0 Å². The van der Waals surface area contributed by atoms with Crippen LogP contribution in [0.3, 0.4) is 0 Å². The molecule has 0 radical (unpaired) electrons. The minimum Gasteiger partial charge on any atom is -0.507 e. The van der Waals surface area contributed by atoms with Crippen molar-refractivity contribution in [3.05, 3.63) is 34.4 Å². The zero-order valence-corrected chi connectivity index (χ0v) is 14.5. The van der Waals surface area contributed by atoms with Crippen LogP contribution < -0.4 is 4.74 Å². The number of aliphatic hydroxyl groups is 1. The molecule has 2 bridgehead atoms. The highest BCUT2D eigenvalue weighted by Crippen LogP contribution is 2.54. The molecule has 0 aromatic heterocycles. The second kappa shape index (κ2) is 6.20. The predicted octanol–water partition coefficient (Wildman–Crippen LogP) is 4.81. The molecule has 1 saturated carbocycles. The van der Waals surface area contributed by atoms with E-state index < -0.39 is 5.79 Å². The van der Waals surface area contributed by atoms with Crippen LogP contribution in [0.5, 0.6) is 11.5 Å². The fourth-order valence-corrected chi connectivity index (χ4v) is 4.05. The molecule has 1 aromatic rings. The Morgan fingerprint density at radius 2 is 2.09 bits per heavy atom. The van der Waals surface area contributed by atoms with E-state index in [1.807, 2.05) is 12.1 Å². The molecule has 2 unspecified atom stereocenters. The van der Waals surface area contributed by atoms with Crippen molar-refractivity contribution < 1.29 is 14.9 Å². The van der Waals surface area contributed by atoms with Gasteiger partial charge >= 0.3 is 0 Å². The molecule has 0 saturated heterocycles. The summed E-state index contributed by atoms with van der Waals surface area (Å²) in [5.41, 5.74) is 4.59. The third-order valence-corrected chi connectivity index (χ3v) is 5.27. The Kier molecular flexibility index (Phi) is 4.41. The Morgan fingerprint density at radius 3 is 2.78 bits per heavy atom. The number of phenols is 1. The topological polar surface area (TPSA) is 49.7 Å². The number of unbranched alkanes of at least 4 members (excludes halogenated alkanes) is 2. The Hall–Kier alpha value is -1.48. The van der Waals surface area contributed by atoms with Gasteiger partial charge < -0.3 is 14.9 Å². The van der Waals surface area contributed by atoms with Gasteiger partial charge in [0.1, 0.15) is 11.5 Å². The van der Waals surface area contributed by atoms with Crippen molar-refractivity contribution in [2.75, 3.05) is 0 Å². The van der Waals surface area contributed by atoms with Gasteiger partial charge in [-0.3, -0.25) is 0 Å². The van der Waals surface area contributed by atoms with Gasteiger partial charge in [0, 0.05) is 24.3 Å². The number of allylic oxidation sites excluding steroid dienone is 2. The Labute approximate surface area is 139 Å². The minimum atomic E-state index is -1.08. The van der Waals surface area contributed by atoms with Gasteiger partial charge in [0.2, 0.25) is 5.79 Å². The summed E-state index contributed by atoms with van der Waals surface area (Å²) < 4.78 is 5.92. The van der Waals surface area contributed by atoms with Crippen molar-refractivity contribution in [3.63, 3.8) is 0 Å². The highest BCUT2D eigenvalue weighted by Gasteiger charge is 2.46. The van der Waals surface area contributed by atoms with E-state index in [4.69, 9.17) is 4.74 Å². The van der Waals surface area contributed by atoms with Gasteiger partial charge in [0.25, 0.3) is 0 Å². The SMILES string of the molecule is CCCCCc1cc(O)c2c(c1)OC1(O)CCC(=C(C)C)C2C1. The first-order valence-corrected chi connectivity index (χ1v) is 8.87. The van der Waals surface area contributed by atoms with Gasteiger partial charge in [-0.25, -0.2) is 0 Å². The molecule has 3 heteroatoms. The molecule has 1 aliphatic heterocycles. The van der Waals surface area contributed by atoms with Crippen LogP contribution in [-0.4, -0.2) is 16.0 Å². The van der Waals surface area contributed by atoms with Crippen LogP contribution in [0.15, 0.2) is 23.3 Å². The number of hydrogen-bond donors (Lipinski definition) is 2. The molecule has 126 valence electrons. The summed E-state index contributed by atoms with van der Waals surface area (Å²) in [5, 5.41) is 21.3. The van der Waals surface area contributed by atoms with Crippen molar-refractivity contribution in [1.82, 2.24) is 0 Å². The summed E-state index contributed by atoms with van der Waals surface area (Å²) in [4.78, 5) is 0. The lowest BCUT2D eigenvalue weighted by Gasteiger charge is -2.44. The summed E-state index contributed by atoms with van der Waals surface area (Å²) in [6.45, 7) is 6.42. The van der Waals surface area contributed by atoms with E-state index in [0.717, 1.165) is 30.4 Å². The highest BCUT2D eigenvalue weighted by molar-refractivity contribution is 5.54. The van der Waals surface area contributed by atoms with Gasteiger partial charge in [-0.2, -0.15) is 0 Å². The molecule has 2 aliphatic rings. The number of rotatable bonds is 4. The Bertz CT molecular complexity index is 628. The monoisotopic (exact) mass is 316 g/mol. The number of phenolic OH excluding ortho intramolecular Hbond substituents is 1. The molecule has 1 aliphatic carbocycles. The molecule has 23 heavy (non-hydrogen) atoms. The fraction of sp³-hybridized carbons (Fsp3) is 0.600. The summed E-state index contributed by atoms with van der Waals surface area (Å²) in [6.07, 6.45) is 6.43. The van der Waals surface area contributed by atoms with Gasteiger partial charge in [0.05, 0.1) is 0 Å². The number of hydrogen-bond acceptors (Lipinski definition) is 3. The number of fused-ring (bicyclic) bond motifs is 4. The fourth-order valence-electron chi connectivity index (χ4n) is 4.05. The number of aryl methyl sites for hydroxylation is 1. The summed E-state index contributed by atoms with van der Waals surface area (Å²) >= 11 is 0. The summed E-state index contributed by atoms with van der Waals surface area (Å²) in [6, 6.07) is 3.91.